The van der Waals surface area contributed by atoms with Crippen molar-refractivity contribution in [3.63, 3.8) is 0 Å². The van der Waals surface area contributed by atoms with Crippen molar-refractivity contribution in [1.29, 1.82) is 0 Å². The lowest BCUT2D eigenvalue weighted by Crippen LogP contribution is -2.42. The Morgan fingerprint density at radius 2 is 2.06 bits per heavy atom. The third-order valence-corrected chi connectivity index (χ3v) is 3.83. The van der Waals surface area contributed by atoms with Crippen molar-refractivity contribution in [2.75, 3.05) is 0 Å². The van der Waals surface area contributed by atoms with Crippen LogP contribution in [0.4, 0.5) is 0 Å². The zero-order valence-corrected chi connectivity index (χ0v) is 10.9. The van der Waals surface area contributed by atoms with Crippen LogP contribution < -0.4 is 5.73 Å². The Morgan fingerprint density at radius 3 is 2.69 bits per heavy atom. The van der Waals surface area contributed by atoms with E-state index in [-0.39, 0.29) is 6.04 Å². The van der Waals surface area contributed by atoms with Gasteiger partial charge in [-0.1, -0.05) is 28.1 Å². The van der Waals surface area contributed by atoms with Crippen LogP contribution in [-0.2, 0) is 6.42 Å². The molecular weight excluding hydrogens is 266 g/mol. The van der Waals surface area contributed by atoms with Crippen molar-refractivity contribution in [3.8, 4) is 0 Å². The molecule has 2 nitrogen and oxygen atoms in total. The Kier molecular flexibility index (Phi) is 3.67. The van der Waals surface area contributed by atoms with Crippen LogP contribution in [0.3, 0.4) is 0 Å². The normalized spacial score (nSPS) is 30.3. The highest BCUT2D eigenvalue weighted by Gasteiger charge is 2.32. The first-order valence-corrected chi connectivity index (χ1v) is 6.59. The molecule has 1 aliphatic carbocycles. The molecule has 0 bridgehead atoms. The molecule has 0 radical (unpaired) electrons. The molecular formula is C13H18BrNO. The van der Waals surface area contributed by atoms with Crippen molar-refractivity contribution < 1.29 is 5.11 Å². The highest BCUT2D eigenvalue weighted by Crippen LogP contribution is 2.30. The standard InChI is InChI=1S/C13H18BrNO/c14-11-5-3-10(4-6-11)8-13(16)7-1-2-12(15)9-13/h3-6,12,16H,1-2,7-9,15H2. The molecule has 3 N–H and O–H groups in total. The SMILES string of the molecule is NC1CCCC(O)(Cc2ccc(Br)cc2)C1. The lowest BCUT2D eigenvalue weighted by molar-refractivity contribution is -0.00190. The van der Waals surface area contributed by atoms with Crippen molar-refractivity contribution in [2.24, 2.45) is 5.73 Å². The van der Waals surface area contributed by atoms with Gasteiger partial charge in [-0.15, -0.1) is 0 Å². The number of nitrogens with two attached hydrogens (primary N) is 1. The van der Waals surface area contributed by atoms with E-state index in [0.29, 0.717) is 6.42 Å². The third kappa shape index (κ3) is 3.06. The van der Waals surface area contributed by atoms with Gasteiger partial charge in [-0.25, -0.2) is 0 Å². The number of benzene rings is 1. The second kappa shape index (κ2) is 4.86. The summed E-state index contributed by atoms with van der Waals surface area (Å²) in [6.45, 7) is 0. The van der Waals surface area contributed by atoms with Crippen LogP contribution in [0, 0.1) is 0 Å². The van der Waals surface area contributed by atoms with E-state index in [2.05, 4.69) is 28.1 Å². The number of aliphatic hydroxyl groups is 1. The second-order valence-corrected chi connectivity index (χ2v) is 5.80. The first-order valence-electron chi connectivity index (χ1n) is 5.80. The molecule has 0 amide bonds. The number of hydrogen-bond acceptors (Lipinski definition) is 2. The third-order valence-electron chi connectivity index (χ3n) is 3.31. The maximum atomic E-state index is 10.5. The van der Waals surface area contributed by atoms with E-state index in [0.717, 1.165) is 30.2 Å². The van der Waals surface area contributed by atoms with E-state index in [9.17, 15) is 5.11 Å². The Bertz CT molecular complexity index is 351. The largest absolute Gasteiger partial charge is 0.389 e. The van der Waals surface area contributed by atoms with E-state index in [1.807, 2.05) is 12.1 Å². The minimum Gasteiger partial charge on any atom is -0.389 e. The van der Waals surface area contributed by atoms with Crippen molar-refractivity contribution in [2.45, 2.75) is 43.7 Å². The molecule has 0 aliphatic heterocycles. The van der Waals surface area contributed by atoms with Crippen LogP contribution in [0.15, 0.2) is 28.7 Å². The second-order valence-electron chi connectivity index (χ2n) is 4.88. The van der Waals surface area contributed by atoms with Gasteiger partial charge in [-0.2, -0.15) is 0 Å². The predicted octanol–water partition coefficient (Wildman–Crippen LogP) is 2.62. The molecule has 2 atom stereocenters. The summed E-state index contributed by atoms with van der Waals surface area (Å²) in [7, 11) is 0. The quantitative estimate of drug-likeness (QED) is 0.877. The summed E-state index contributed by atoms with van der Waals surface area (Å²) in [4.78, 5) is 0. The molecule has 0 heterocycles. The lowest BCUT2D eigenvalue weighted by Gasteiger charge is -2.35. The Morgan fingerprint density at radius 1 is 1.38 bits per heavy atom. The smallest absolute Gasteiger partial charge is 0.0702 e. The van der Waals surface area contributed by atoms with E-state index >= 15 is 0 Å². The van der Waals surface area contributed by atoms with Crippen molar-refractivity contribution in [3.05, 3.63) is 34.3 Å². The molecule has 16 heavy (non-hydrogen) atoms. The first-order chi connectivity index (χ1) is 7.57. The molecule has 1 aromatic carbocycles. The minimum atomic E-state index is -0.592. The fourth-order valence-electron chi connectivity index (χ4n) is 2.53. The molecule has 0 saturated heterocycles. The highest BCUT2D eigenvalue weighted by molar-refractivity contribution is 9.10. The van der Waals surface area contributed by atoms with Crippen LogP contribution in [0.1, 0.15) is 31.2 Å². The Labute approximate surface area is 105 Å². The van der Waals surface area contributed by atoms with E-state index in [1.165, 1.54) is 5.56 Å². The van der Waals surface area contributed by atoms with Gasteiger partial charge < -0.3 is 10.8 Å². The molecule has 1 fully saturated rings. The molecule has 2 rings (SSSR count). The molecule has 1 aliphatic rings. The Balaban J connectivity index is 2.05. The van der Waals surface area contributed by atoms with Gasteiger partial charge in [0, 0.05) is 16.9 Å². The van der Waals surface area contributed by atoms with Crippen LogP contribution in [0.5, 0.6) is 0 Å². The number of hydrogen-bond donors (Lipinski definition) is 2. The molecule has 1 aromatic rings. The van der Waals surface area contributed by atoms with Crippen molar-refractivity contribution >= 4 is 15.9 Å². The zero-order valence-electron chi connectivity index (χ0n) is 9.32. The molecule has 1 saturated carbocycles. The monoisotopic (exact) mass is 283 g/mol. The molecule has 0 aromatic heterocycles. The van der Waals surface area contributed by atoms with Gasteiger partial charge >= 0.3 is 0 Å². The summed E-state index contributed by atoms with van der Waals surface area (Å²) in [5.74, 6) is 0. The predicted molar refractivity (Wildman–Crippen MR) is 69.2 cm³/mol. The average Bonchev–Trinajstić information content (AvgIpc) is 2.21. The maximum absolute atomic E-state index is 10.5. The molecule has 88 valence electrons. The summed E-state index contributed by atoms with van der Waals surface area (Å²) < 4.78 is 1.07. The van der Waals surface area contributed by atoms with Gasteiger partial charge in [0.05, 0.1) is 5.60 Å². The fourth-order valence-corrected chi connectivity index (χ4v) is 2.79. The summed E-state index contributed by atoms with van der Waals surface area (Å²) >= 11 is 3.41. The van der Waals surface area contributed by atoms with Gasteiger partial charge in [-0.05, 0) is 43.4 Å². The molecule has 3 heteroatoms. The molecule has 0 spiro atoms. The van der Waals surface area contributed by atoms with Crippen molar-refractivity contribution in [1.82, 2.24) is 0 Å². The minimum absolute atomic E-state index is 0.161. The van der Waals surface area contributed by atoms with Gasteiger partial charge in [0.2, 0.25) is 0 Å². The average molecular weight is 284 g/mol. The van der Waals surface area contributed by atoms with E-state index < -0.39 is 5.60 Å². The summed E-state index contributed by atoms with van der Waals surface area (Å²) in [5, 5.41) is 10.5. The summed E-state index contributed by atoms with van der Waals surface area (Å²) in [5.41, 5.74) is 6.51. The number of rotatable bonds is 2. The fraction of sp³-hybridized carbons (Fsp3) is 0.538. The Hall–Kier alpha value is -0.380. The van der Waals surface area contributed by atoms with E-state index in [4.69, 9.17) is 5.73 Å². The van der Waals surface area contributed by atoms with E-state index in [1.54, 1.807) is 0 Å². The van der Waals surface area contributed by atoms with Gasteiger partial charge in [0.25, 0.3) is 0 Å². The van der Waals surface area contributed by atoms with Crippen LogP contribution >= 0.6 is 15.9 Å². The maximum Gasteiger partial charge on any atom is 0.0702 e. The first kappa shape index (κ1) is 12.1. The molecule has 2 unspecified atom stereocenters. The van der Waals surface area contributed by atoms with Crippen LogP contribution in [0.25, 0.3) is 0 Å². The van der Waals surface area contributed by atoms with Gasteiger partial charge in [0.15, 0.2) is 0 Å². The van der Waals surface area contributed by atoms with Crippen LogP contribution in [-0.4, -0.2) is 16.7 Å². The number of halogens is 1. The zero-order chi connectivity index (χ0) is 11.6. The van der Waals surface area contributed by atoms with Gasteiger partial charge in [-0.3, -0.25) is 0 Å². The summed E-state index contributed by atoms with van der Waals surface area (Å²) in [6.07, 6.45) is 4.39. The topological polar surface area (TPSA) is 46.2 Å². The highest BCUT2D eigenvalue weighted by atomic mass is 79.9. The van der Waals surface area contributed by atoms with Gasteiger partial charge in [0.1, 0.15) is 0 Å². The summed E-state index contributed by atoms with van der Waals surface area (Å²) in [6, 6.07) is 8.31. The van der Waals surface area contributed by atoms with Crippen LogP contribution in [0.2, 0.25) is 0 Å². The lowest BCUT2D eigenvalue weighted by atomic mass is 9.78.